The van der Waals surface area contributed by atoms with Crippen molar-refractivity contribution >= 4 is 0 Å². The molecule has 2 nitrogen and oxygen atoms in total. The lowest BCUT2D eigenvalue weighted by molar-refractivity contribution is 0.276. The van der Waals surface area contributed by atoms with Crippen LogP contribution in [0.25, 0.3) is 0 Å². The molecule has 0 saturated heterocycles. The topological polar surface area (TPSA) is 46.2 Å². The predicted octanol–water partition coefficient (Wildman–Crippen LogP) is 1.63. The molecule has 0 spiro atoms. The first kappa shape index (κ1) is 10.2. The van der Waals surface area contributed by atoms with Gasteiger partial charge in [0.2, 0.25) is 0 Å². The molecular weight excluding hydrogens is 162 g/mol. The maximum absolute atomic E-state index is 8.72. The summed E-state index contributed by atoms with van der Waals surface area (Å²) < 4.78 is 0. The molecule has 0 aromatic heterocycles. The largest absolute Gasteiger partial charge is 0.396 e. The molecule has 0 aliphatic rings. The third-order valence-corrected chi connectivity index (χ3v) is 2.26. The Labute approximate surface area is 79.4 Å². The molecule has 1 rings (SSSR count). The molecule has 0 bridgehead atoms. The summed E-state index contributed by atoms with van der Waals surface area (Å²) in [4.78, 5) is 0. The van der Waals surface area contributed by atoms with Gasteiger partial charge in [0.05, 0.1) is 0 Å². The Balaban J connectivity index is 2.67. The molecular formula is C11H17NO. The lowest BCUT2D eigenvalue weighted by Gasteiger charge is -2.10. The minimum absolute atomic E-state index is 0.0316. The van der Waals surface area contributed by atoms with Crippen molar-refractivity contribution in [1.29, 1.82) is 0 Å². The van der Waals surface area contributed by atoms with Gasteiger partial charge in [0.1, 0.15) is 0 Å². The average Bonchev–Trinajstić information content (AvgIpc) is 2.18. The van der Waals surface area contributed by atoms with Gasteiger partial charge in [0, 0.05) is 12.6 Å². The van der Waals surface area contributed by atoms with Gasteiger partial charge in [-0.25, -0.2) is 0 Å². The summed E-state index contributed by atoms with van der Waals surface area (Å²) in [6.07, 6.45) is 1.68. The third-order valence-electron chi connectivity index (χ3n) is 2.26. The van der Waals surface area contributed by atoms with Gasteiger partial charge in [-0.05, 0) is 24.0 Å². The van der Waals surface area contributed by atoms with Crippen LogP contribution in [-0.2, 0) is 6.42 Å². The Bertz CT molecular complexity index is 243. The van der Waals surface area contributed by atoms with E-state index in [0.29, 0.717) is 6.42 Å². The highest BCUT2D eigenvalue weighted by molar-refractivity contribution is 5.24. The van der Waals surface area contributed by atoms with Crippen LogP contribution in [0.3, 0.4) is 0 Å². The molecule has 0 aliphatic carbocycles. The van der Waals surface area contributed by atoms with Gasteiger partial charge in [-0.3, -0.25) is 0 Å². The molecule has 3 N–H and O–H groups in total. The van der Waals surface area contributed by atoms with Crippen molar-refractivity contribution in [2.24, 2.45) is 5.73 Å². The number of aliphatic hydroxyl groups is 1. The van der Waals surface area contributed by atoms with E-state index in [9.17, 15) is 0 Å². The van der Waals surface area contributed by atoms with E-state index in [4.69, 9.17) is 10.8 Å². The molecule has 1 unspecified atom stereocenters. The van der Waals surface area contributed by atoms with Crippen LogP contribution in [0.15, 0.2) is 24.3 Å². The van der Waals surface area contributed by atoms with E-state index >= 15 is 0 Å². The Morgan fingerprint density at radius 3 is 2.38 bits per heavy atom. The minimum atomic E-state index is -0.0316. The van der Waals surface area contributed by atoms with Gasteiger partial charge in [0.15, 0.2) is 0 Å². The van der Waals surface area contributed by atoms with Crippen LogP contribution < -0.4 is 5.73 Å². The number of rotatable bonds is 4. The Morgan fingerprint density at radius 1 is 1.31 bits per heavy atom. The highest BCUT2D eigenvalue weighted by Gasteiger charge is 2.03. The number of hydrogen-bond donors (Lipinski definition) is 2. The summed E-state index contributed by atoms with van der Waals surface area (Å²) in [7, 11) is 0. The first-order chi connectivity index (χ1) is 6.27. The number of aryl methyl sites for hydroxylation is 1. The van der Waals surface area contributed by atoms with Crippen LogP contribution in [0, 0.1) is 0 Å². The molecule has 1 atom stereocenters. The molecule has 0 fully saturated rings. The molecule has 72 valence electrons. The van der Waals surface area contributed by atoms with Gasteiger partial charge in [-0.1, -0.05) is 31.2 Å². The van der Waals surface area contributed by atoms with E-state index in [1.54, 1.807) is 0 Å². The fourth-order valence-corrected chi connectivity index (χ4v) is 1.31. The molecule has 2 heteroatoms. The maximum Gasteiger partial charge on any atom is 0.0449 e. The van der Waals surface area contributed by atoms with Gasteiger partial charge < -0.3 is 10.8 Å². The van der Waals surface area contributed by atoms with E-state index < -0.39 is 0 Å². The molecule has 0 radical (unpaired) electrons. The molecule has 0 saturated carbocycles. The lowest BCUT2D eigenvalue weighted by Crippen LogP contribution is -2.11. The van der Waals surface area contributed by atoms with E-state index in [1.807, 2.05) is 12.1 Å². The van der Waals surface area contributed by atoms with Gasteiger partial charge in [-0.2, -0.15) is 0 Å². The van der Waals surface area contributed by atoms with Gasteiger partial charge in [0.25, 0.3) is 0 Å². The van der Waals surface area contributed by atoms with Crippen LogP contribution in [0.2, 0.25) is 0 Å². The monoisotopic (exact) mass is 179 g/mol. The summed E-state index contributed by atoms with van der Waals surface area (Å²) in [6, 6.07) is 8.23. The van der Waals surface area contributed by atoms with E-state index in [-0.39, 0.29) is 12.6 Å². The van der Waals surface area contributed by atoms with E-state index in [1.165, 1.54) is 5.56 Å². The highest BCUT2D eigenvalue weighted by Crippen LogP contribution is 2.14. The molecule has 0 aliphatic heterocycles. The summed E-state index contributed by atoms with van der Waals surface area (Å²) in [5.41, 5.74) is 8.26. The zero-order valence-corrected chi connectivity index (χ0v) is 8.03. The van der Waals surface area contributed by atoms with Crippen LogP contribution >= 0.6 is 0 Å². The Hall–Kier alpha value is -0.860. The molecule has 0 amide bonds. The SMILES string of the molecule is CCc1ccc(C(N)CCO)cc1. The first-order valence-electron chi connectivity index (χ1n) is 4.73. The average molecular weight is 179 g/mol. The van der Waals surface area contributed by atoms with Crippen molar-refractivity contribution in [2.45, 2.75) is 25.8 Å². The molecule has 1 aromatic rings. The third kappa shape index (κ3) is 2.83. The van der Waals surface area contributed by atoms with Crippen LogP contribution in [0.5, 0.6) is 0 Å². The number of aliphatic hydroxyl groups excluding tert-OH is 1. The van der Waals surface area contributed by atoms with Crippen LogP contribution in [-0.4, -0.2) is 11.7 Å². The highest BCUT2D eigenvalue weighted by atomic mass is 16.3. The zero-order chi connectivity index (χ0) is 9.68. The number of hydrogen-bond acceptors (Lipinski definition) is 2. The van der Waals surface area contributed by atoms with Gasteiger partial charge >= 0.3 is 0 Å². The smallest absolute Gasteiger partial charge is 0.0449 e. The zero-order valence-electron chi connectivity index (χ0n) is 8.03. The molecule has 0 heterocycles. The fourth-order valence-electron chi connectivity index (χ4n) is 1.31. The summed E-state index contributed by atoms with van der Waals surface area (Å²) in [6.45, 7) is 2.28. The lowest BCUT2D eigenvalue weighted by atomic mass is 10.0. The van der Waals surface area contributed by atoms with Crippen molar-refractivity contribution < 1.29 is 5.11 Å². The van der Waals surface area contributed by atoms with Crippen molar-refractivity contribution in [1.82, 2.24) is 0 Å². The summed E-state index contributed by atoms with van der Waals surface area (Å²) >= 11 is 0. The minimum Gasteiger partial charge on any atom is -0.396 e. The quantitative estimate of drug-likeness (QED) is 0.738. The predicted molar refractivity (Wildman–Crippen MR) is 54.5 cm³/mol. The van der Waals surface area contributed by atoms with E-state index in [0.717, 1.165) is 12.0 Å². The summed E-state index contributed by atoms with van der Waals surface area (Å²) in [5, 5.41) is 8.72. The Morgan fingerprint density at radius 2 is 1.92 bits per heavy atom. The first-order valence-corrected chi connectivity index (χ1v) is 4.73. The van der Waals surface area contributed by atoms with Crippen molar-refractivity contribution in [3.05, 3.63) is 35.4 Å². The maximum atomic E-state index is 8.72. The van der Waals surface area contributed by atoms with Crippen molar-refractivity contribution in [3.8, 4) is 0 Å². The van der Waals surface area contributed by atoms with E-state index in [2.05, 4.69) is 19.1 Å². The summed E-state index contributed by atoms with van der Waals surface area (Å²) in [5.74, 6) is 0. The second-order valence-corrected chi connectivity index (χ2v) is 3.21. The number of nitrogens with two attached hydrogens (primary N) is 1. The van der Waals surface area contributed by atoms with Crippen LogP contribution in [0.1, 0.15) is 30.5 Å². The Kier molecular flexibility index (Phi) is 3.93. The second kappa shape index (κ2) is 5.00. The standard InChI is InChI=1S/C11H17NO/c1-2-9-3-5-10(6-4-9)11(12)7-8-13/h3-6,11,13H,2,7-8,12H2,1H3. The van der Waals surface area contributed by atoms with Gasteiger partial charge in [-0.15, -0.1) is 0 Å². The molecule has 13 heavy (non-hydrogen) atoms. The normalized spacial score (nSPS) is 12.8. The van der Waals surface area contributed by atoms with Crippen molar-refractivity contribution in [3.63, 3.8) is 0 Å². The molecule has 1 aromatic carbocycles. The number of benzene rings is 1. The van der Waals surface area contributed by atoms with Crippen LogP contribution in [0.4, 0.5) is 0 Å². The van der Waals surface area contributed by atoms with Crippen molar-refractivity contribution in [2.75, 3.05) is 6.61 Å². The second-order valence-electron chi connectivity index (χ2n) is 3.21. The fraction of sp³-hybridized carbons (Fsp3) is 0.455.